The molecule has 3 N–H and O–H groups in total. The fraction of sp³-hybridized carbons (Fsp3) is 0.400. The van der Waals surface area contributed by atoms with Crippen molar-refractivity contribution in [1.29, 1.82) is 0 Å². The third-order valence-corrected chi connectivity index (χ3v) is 5.84. The van der Waals surface area contributed by atoms with Crippen molar-refractivity contribution in [2.24, 2.45) is 0 Å². The number of hydrogen-bond acceptors (Lipinski definition) is 7. The molecule has 0 radical (unpaired) electrons. The quantitative estimate of drug-likeness (QED) is 0.439. The molecule has 0 fully saturated rings. The van der Waals surface area contributed by atoms with E-state index in [1.165, 1.54) is 0 Å². The SMILES string of the molecule is CC1(C)c2cc(OC[C@@H](O)CCO)ccc2C(=O)c2c1oc1cc(OCCCO)ccc21. The number of rotatable bonds is 9. The number of furan rings is 1. The van der Waals surface area contributed by atoms with Crippen LogP contribution in [-0.4, -0.2) is 53.6 Å². The molecule has 1 aliphatic carbocycles. The zero-order valence-electron chi connectivity index (χ0n) is 18.3. The highest BCUT2D eigenvalue weighted by Crippen LogP contribution is 2.46. The smallest absolute Gasteiger partial charge is 0.197 e. The van der Waals surface area contributed by atoms with E-state index < -0.39 is 11.5 Å². The molecule has 4 rings (SSSR count). The average molecular weight is 440 g/mol. The highest BCUT2D eigenvalue weighted by molar-refractivity contribution is 6.19. The van der Waals surface area contributed by atoms with Crippen LogP contribution in [0.15, 0.2) is 40.8 Å². The van der Waals surface area contributed by atoms with E-state index in [0.29, 0.717) is 47.0 Å². The fourth-order valence-electron chi connectivity index (χ4n) is 4.10. The Hall–Kier alpha value is -2.87. The summed E-state index contributed by atoms with van der Waals surface area (Å²) in [5.74, 6) is 1.65. The lowest BCUT2D eigenvalue weighted by atomic mass is 9.71. The van der Waals surface area contributed by atoms with Gasteiger partial charge < -0.3 is 29.2 Å². The normalized spacial score (nSPS) is 15.3. The minimum absolute atomic E-state index is 0.0582. The summed E-state index contributed by atoms with van der Waals surface area (Å²) in [4.78, 5) is 13.4. The minimum Gasteiger partial charge on any atom is -0.493 e. The van der Waals surface area contributed by atoms with Gasteiger partial charge in [-0.15, -0.1) is 0 Å². The van der Waals surface area contributed by atoms with Crippen LogP contribution in [-0.2, 0) is 5.41 Å². The van der Waals surface area contributed by atoms with Crippen LogP contribution in [0.3, 0.4) is 0 Å². The third-order valence-electron chi connectivity index (χ3n) is 5.84. The van der Waals surface area contributed by atoms with Gasteiger partial charge in [-0.2, -0.15) is 0 Å². The highest BCUT2D eigenvalue weighted by atomic mass is 16.5. The monoisotopic (exact) mass is 440 g/mol. The zero-order chi connectivity index (χ0) is 22.9. The van der Waals surface area contributed by atoms with Crippen molar-refractivity contribution in [2.75, 3.05) is 26.4 Å². The Bertz CT molecular complexity index is 1130. The molecule has 0 unspecified atom stereocenters. The number of hydrogen-bond donors (Lipinski definition) is 3. The minimum atomic E-state index is -0.763. The molecular formula is C25H28O7. The Morgan fingerprint density at radius 3 is 2.53 bits per heavy atom. The van der Waals surface area contributed by atoms with Crippen LogP contribution < -0.4 is 9.47 Å². The van der Waals surface area contributed by atoms with E-state index >= 15 is 0 Å². The molecule has 0 amide bonds. The number of carbonyl (C=O) groups is 1. The van der Waals surface area contributed by atoms with E-state index in [1.54, 1.807) is 24.3 Å². The van der Waals surface area contributed by atoms with E-state index in [2.05, 4.69) is 0 Å². The second-order valence-corrected chi connectivity index (χ2v) is 8.53. The van der Waals surface area contributed by atoms with Crippen molar-refractivity contribution >= 4 is 16.8 Å². The first-order valence-corrected chi connectivity index (χ1v) is 10.8. The second kappa shape index (κ2) is 8.94. The van der Waals surface area contributed by atoms with Crippen LogP contribution in [0.5, 0.6) is 11.5 Å². The van der Waals surface area contributed by atoms with Crippen LogP contribution in [0.25, 0.3) is 11.0 Å². The molecule has 3 aromatic rings. The van der Waals surface area contributed by atoms with Crippen LogP contribution in [0.4, 0.5) is 0 Å². The molecule has 0 bridgehead atoms. The number of fused-ring (bicyclic) bond motifs is 4. The second-order valence-electron chi connectivity index (χ2n) is 8.53. The lowest BCUT2D eigenvalue weighted by molar-refractivity contribution is 0.0820. The maximum absolute atomic E-state index is 13.4. The van der Waals surface area contributed by atoms with Crippen molar-refractivity contribution in [2.45, 2.75) is 38.2 Å². The zero-order valence-corrected chi connectivity index (χ0v) is 18.3. The molecule has 0 aliphatic heterocycles. The number of ketones is 1. The predicted molar refractivity (Wildman–Crippen MR) is 119 cm³/mol. The van der Waals surface area contributed by atoms with Crippen molar-refractivity contribution in [3.8, 4) is 11.5 Å². The van der Waals surface area contributed by atoms with Crippen molar-refractivity contribution in [3.63, 3.8) is 0 Å². The maximum atomic E-state index is 13.4. The van der Waals surface area contributed by atoms with Gasteiger partial charge in [0.05, 0.1) is 18.3 Å². The molecule has 7 heteroatoms. The van der Waals surface area contributed by atoms with Gasteiger partial charge >= 0.3 is 0 Å². The molecule has 0 saturated heterocycles. The fourth-order valence-corrected chi connectivity index (χ4v) is 4.10. The molecular weight excluding hydrogens is 412 g/mol. The molecule has 2 aromatic carbocycles. The van der Waals surface area contributed by atoms with Gasteiger partial charge in [-0.3, -0.25) is 4.79 Å². The summed E-state index contributed by atoms with van der Waals surface area (Å²) >= 11 is 0. The molecule has 170 valence electrons. The van der Waals surface area contributed by atoms with E-state index in [1.807, 2.05) is 26.0 Å². The number of ether oxygens (including phenoxy) is 2. The van der Waals surface area contributed by atoms with Crippen LogP contribution in [0.1, 0.15) is 53.9 Å². The predicted octanol–water partition coefficient (Wildman–Crippen LogP) is 3.19. The molecule has 1 aromatic heterocycles. The van der Waals surface area contributed by atoms with Gasteiger partial charge in [-0.05, 0) is 56.2 Å². The summed E-state index contributed by atoms with van der Waals surface area (Å²) in [5.41, 5.74) is 1.94. The van der Waals surface area contributed by atoms with Crippen LogP contribution in [0.2, 0.25) is 0 Å². The summed E-state index contributed by atoms with van der Waals surface area (Å²) < 4.78 is 17.5. The number of aliphatic hydroxyl groups excluding tert-OH is 3. The molecule has 7 nitrogen and oxygen atoms in total. The highest BCUT2D eigenvalue weighted by Gasteiger charge is 2.41. The van der Waals surface area contributed by atoms with E-state index in [9.17, 15) is 9.90 Å². The topological polar surface area (TPSA) is 109 Å². The van der Waals surface area contributed by atoms with Gasteiger partial charge in [0.15, 0.2) is 5.78 Å². The first-order chi connectivity index (χ1) is 15.4. The summed E-state index contributed by atoms with van der Waals surface area (Å²) in [6, 6.07) is 10.7. The Morgan fingerprint density at radius 1 is 1.03 bits per heavy atom. The van der Waals surface area contributed by atoms with Gasteiger partial charge in [0.25, 0.3) is 0 Å². The number of aliphatic hydroxyl groups is 3. The Balaban J connectivity index is 1.68. The molecule has 0 spiro atoms. The summed E-state index contributed by atoms with van der Waals surface area (Å²) in [6.07, 6.45) is 0.0132. The summed E-state index contributed by atoms with van der Waals surface area (Å²) in [7, 11) is 0. The average Bonchev–Trinajstić information content (AvgIpc) is 3.17. The first kappa shape index (κ1) is 22.3. The molecule has 0 saturated carbocycles. The van der Waals surface area contributed by atoms with Gasteiger partial charge in [-0.1, -0.05) is 0 Å². The van der Waals surface area contributed by atoms with Crippen LogP contribution in [0, 0.1) is 0 Å². The van der Waals surface area contributed by atoms with Gasteiger partial charge in [0.2, 0.25) is 0 Å². The largest absolute Gasteiger partial charge is 0.493 e. The van der Waals surface area contributed by atoms with E-state index in [4.69, 9.17) is 24.1 Å². The summed E-state index contributed by atoms with van der Waals surface area (Å²) in [6.45, 7) is 4.41. The Kier molecular flexibility index (Phi) is 6.24. The Labute approximate surface area is 186 Å². The lowest BCUT2D eigenvalue weighted by Crippen LogP contribution is -2.29. The standard InChI is InChI=1S/C25H28O7/c1-25(2)20-12-16(31-14-15(28)8-10-27)4-6-18(20)23(29)22-19-7-5-17(30-11-3-9-26)13-21(19)32-24(22)25/h4-7,12-13,15,26-28H,3,8-11,14H2,1-2H3/t15-/m0/s1. The van der Waals surface area contributed by atoms with Crippen LogP contribution >= 0.6 is 0 Å². The van der Waals surface area contributed by atoms with Crippen molar-refractivity contribution in [1.82, 2.24) is 0 Å². The maximum Gasteiger partial charge on any atom is 0.197 e. The van der Waals surface area contributed by atoms with E-state index in [-0.39, 0.29) is 32.0 Å². The molecule has 1 heterocycles. The first-order valence-electron chi connectivity index (χ1n) is 10.8. The number of benzene rings is 2. The molecule has 1 aliphatic rings. The van der Waals surface area contributed by atoms with Crippen molar-refractivity contribution in [3.05, 3.63) is 58.8 Å². The van der Waals surface area contributed by atoms with Gasteiger partial charge in [0.1, 0.15) is 29.4 Å². The molecule has 1 atom stereocenters. The Morgan fingerprint density at radius 2 is 1.78 bits per heavy atom. The summed E-state index contributed by atoms with van der Waals surface area (Å²) in [5, 5.41) is 28.4. The van der Waals surface area contributed by atoms with Gasteiger partial charge in [-0.25, -0.2) is 0 Å². The molecule has 32 heavy (non-hydrogen) atoms. The van der Waals surface area contributed by atoms with Gasteiger partial charge in [0, 0.05) is 42.1 Å². The van der Waals surface area contributed by atoms with E-state index in [0.717, 1.165) is 10.9 Å². The lowest BCUT2D eigenvalue weighted by Gasteiger charge is -2.31. The van der Waals surface area contributed by atoms with Crippen molar-refractivity contribution < 1.29 is 34.0 Å². The third kappa shape index (κ3) is 3.99. The number of carbonyl (C=O) groups excluding carboxylic acids is 1.